The highest BCUT2D eigenvalue weighted by atomic mass is 19.4. The first kappa shape index (κ1) is 16.2. The molecule has 0 bridgehead atoms. The van der Waals surface area contributed by atoms with E-state index in [4.69, 9.17) is 0 Å². The van der Waals surface area contributed by atoms with E-state index < -0.39 is 36.4 Å². The SMILES string of the molecule is Cn1cc(C(=O)CCOCC(F)(F)F)c(=O)n(C)c1=O. The number of carbonyl (C=O) groups is 1. The Morgan fingerprint density at radius 3 is 2.45 bits per heavy atom. The highest BCUT2D eigenvalue weighted by molar-refractivity contribution is 5.95. The smallest absolute Gasteiger partial charge is 0.372 e. The first-order chi connectivity index (χ1) is 9.13. The maximum atomic E-state index is 11.8. The zero-order valence-electron chi connectivity index (χ0n) is 10.9. The van der Waals surface area contributed by atoms with Gasteiger partial charge in [-0.2, -0.15) is 13.2 Å². The molecule has 0 fully saturated rings. The third-order valence-corrected chi connectivity index (χ3v) is 2.49. The summed E-state index contributed by atoms with van der Waals surface area (Å²) in [5, 5.41) is 0. The molecule has 0 unspecified atom stereocenters. The van der Waals surface area contributed by atoms with Gasteiger partial charge in [-0.3, -0.25) is 14.2 Å². The summed E-state index contributed by atoms with van der Waals surface area (Å²) in [6.45, 7) is -1.91. The van der Waals surface area contributed by atoms with Gasteiger partial charge in [0.1, 0.15) is 6.61 Å². The van der Waals surface area contributed by atoms with Gasteiger partial charge in [0.05, 0.1) is 12.2 Å². The lowest BCUT2D eigenvalue weighted by Gasteiger charge is -2.08. The number of ketones is 1. The van der Waals surface area contributed by atoms with E-state index in [0.29, 0.717) is 0 Å². The van der Waals surface area contributed by atoms with E-state index in [0.717, 1.165) is 15.3 Å². The molecule has 0 aliphatic heterocycles. The number of hydrogen-bond acceptors (Lipinski definition) is 4. The molecular formula is C11H13F3N2O4. The minimum atomic E-state index is -4.46. The molecule has 0 radical (unpaired) electrons. The molecule has 6 nitrogen and oxygen atoms in total. The topological polar surface area (TPSA) is 70.3 Å². The third kappa shape index (κ3) is 4.05. The van der Waals surface area contributed by atoms with Gasteiger partial charge in [0.25, 0.3) is 5.56 Å². The highest BCUT2D eigenvalue weighted by Crippen LogP contribution is 2.14. The van der Waals surface area contributed by atoms with Crippen LogP contribution in [0.25, 0.3) is 0 Å². The molecule has 20 heavy (non-hydrogen) atoms. The van der Waals surface area contributed by atoms with Crippen LogP contribution in [-0.4, -0.2) is 34.3 Å². The lowest BCUT2D eigenvalue weighted by Crippen LogP contribution is -2.39. The summed E-state index contributed by atoms with van der Waals surface area (Å²) in [5.41, 5.74) is -1.64. The van der Waals surface area contributed by atoms with Crippen molar-refractivity contribution in [3.05, 3.63) is 32.6 Å². The van der Waals surface area contributed by atoms with Gasteiger partial charge in [0.15, 0.2) is 5.78 Å². The maximum absolute atomic E-state index is 11.8. The molecule has 0 aliphatic rings. The number of hydrogen-bond donors (Lipinski definition) is 0. The normalized spacial score (nSPS) is 11.7. The van der Waals surface area contributed by atoms with Crippen molar-refractivity contribution in [1.29, 1.82) is 0 Å². The predicted octanol–water partition coefficient (Wildman–Crippen LogP) is 0.236. The van der Waals surface area contributed by atoms with Crippen LogP contribution >= 0.6 is 0 Å². The van der Waals surface area contributed by atoms with E-state index >= 15 is 0 Å². The Kier molecular flexibility index (Phi) is 4.88. The molecule has 0 saturated carbocycles. The summed E-state index contributed by atoms with van der Waals surface area (Å²) >= 11 is 0. The van der Waals surface area contributed by atoms with Crippen molar-refractivity contribution in [1.82, 2.24) is 9.13 Å². The molecule has 0 aromatic carbocycles. The molecule has 1 rings (SSSR count). The Hall–Kier alpha value is -1.90. The molecule has 0 saturated heterocycles. The Balaban J connectivity index is 2.75. The van der Waals surface area contributed by atoms with Gasteiger partial charge in [0, 0.05) is 26.7 Å². The van der Waals surface area contributed by atoms with Gasteiger partial charge in [-0.15, -0.1) is 0 Å². The fraction of sp³-hybridized carbons (Fsp3) is 0.545. The predicted molar refractivity (Wildman–Crippen MR) is 62.7 cm³/mol. The van der Waals surface area contributed by atoms with E-state index in [-0.39, 0.29) is 12.0 Å². The fourth-order valence-corrected chi connectivity index (χ4v) is 1.49. The fourth-order valence-electron chi connectivity index (χ4n) is 1.49. The number of aromatic nitrogens is 2. The first-order valence-corrected chi connectivity index (χ1v) is 5.58. The number of ether oxygens (including phenoxy) is 1. The summed E-state index contributed by atoms with van der Waals surface area (Å²) in [6, 6.07) is 0. The van der Waals surface area contributed by atoms with Crippen LogP contribution < -0.4 is 11.2 Å². The summed E-state index contributed by atoms with van der Waals surface area (Å²) in [4.78, 5) is 34.8. The van der Waals surface area contributed by atoms with Gasteiger partial charge in [-0.1, -0.05) is 0 Å². The molecule has 0 spiro atoms. The first-order valence-electron chi connectivity index (χ1n) is 5.58. The monoisotopic (exact) mass is 294 g/mol. The quantitative estimate of drug-likeness (QED) is 0.576. The van der Waals surface area contributed by atoms with Gasteiger partial charge in [-0.05, 0) is 0 Å². The summed E-state index contributed by atoms with van der Waals surface area (Å²) in [5.74, 6) is -0.677. The molecule has 0 amide bonds. The molecule has 0 N–H and O–H groups in total. The number of alkyl halides is 3. The van der Waals surface area contributed by atoms with Gasteiger partial charge >= 0.3 is 11.9 Å². The molecule has 9 heteroatoms. The number of nitrogens with zero attached hydrogens (tertiary/aromatic N) is 2. The van der Waals surface area contributed by atoms with Crippen LogP contribution in [0, 0.1) is 0 Å². The van der Waals surface area contributed by atoms with Gasteiger partial charge < -0.3 is 9.30 Å². The lowest BCUT2D eigenvalue weighted by molar-refractivity contribution is -0.173. The molecule has 112 valence electrons. The Morgan fingerprint density at radius 1 is 1.30 bits per heavy atom. The second kappa shape index (κ2) is 6.04. The highest BCUT2D eigenvalue weighted by Gasteiger charge is 2.27. The zero-order valence-corrected chi connectivity index (χ0v) is 10.9. The second-order valence-electron chi connectivity index (χ2n) is 4.14. The summed E-state index contributed by atoms with van der Waals surface area (Å²) < 4.78 is 41.5. The largest absolute Gasteiger partial charge is 0.411 e. The average Bonchev–Trinajstić information content (AvgIpc) is 2.35. The molecule has 1 aromatic heterocycles. The van der Waals surface area contributed by atoms with Gasteiger partial charge in [0.2, 0.25) is 0 Å². The van der Waals surface area contributed by atoms with E-state index in [1.807, 2.05) is 0 Å². The molecule has 1 heterocycles. The lowest BCUT2D eigenvalue weighted by atomic mass is 10.1. The van der Waals surface area contributed by atoms with Crippen LogP contribution in [0.5, 0.6) is 0 Å². The van der Waals surface area contributed by atoms with Crippen LogP contribution in [0.1, 0.15) is 16.8 Å². The van der Waals surface area contributed by atoms with Crippen LogP contribution in [0.3, 0.4) is 0 Å². The number of carbonyl (C=O) groups excluding carboxylic acids is 1. The molecule has 0 aliphatic carbocycles. The average molecular weight is 294 g/mol. The van der Waals surface area contributed by atoms with E-state index in [9.17, 15) is 27.6 Å². The molecule has 0 atom stereocenters. The van der Waals surface area contributed by atoms with Crippen molar-refractivity contribution < 1.29 is 22.7 Å². The van der Waals surface area contributed by atoms with E-state index in [2.05, 4.69) is 4.74 Å². The van der Waals surface area contributed by atoms with Crippen LogP contribution in [0.4, 0.5) is 13.2 Å². The van der Waals surface area contributed by atoms with Crippen LogP contribution in [0.15, 0.2) is 15.8 Å². The van der Waals surface area contributed by atoms with E-state index in [1.165, 1.54) is 14.1 Å². The van der Waals surface area contributed by atoms with Crippen LogP contribution in [0.2, 0.25) is 0 Å². The summed E-state index contributed by atoms with van der Waals surface area (Å²) in [6.07, 6.45) is -3.77. The Labute approximate surface area is 111 Å². The minimum Gasteiger partial charge on any atom is -0.372 e. The number of Topliss-reactive ketones (excluding diaryl/α,β-unsaturated/α-hetero) is 1. The van der Waals surface area contributed by atoms with Crippen molar-refractivity contribution in [2.75, 3.05) is 13.2 Å². The zero-order chi connectivity index (χ0) is 15.5. The van der Waals surface area contributed by atoms with Crippen molar-refractivity contribution in [3.63, 3.8) is 0 Å². The molecule has 1 aromatic rings. The van der Waals surface area contributed by atoms with Crippen molar-refractivity contribution in [2.24, 2.45) is 14.1 Å². The Morgan fingerprint density at radius 2 is 1.90 bits per heavy atom. The maximum Gasteiger partial charge on any atom is 0.411 e. The Bertz CT molecular complexity index is 616. The molecular weight excluding hydrogens is 281 g/mol. The van der Waals surface area contributed by atoms with Gasteiger partial charge in [-0.25, -0.2) is 4.79 Å². The summed E-state index contributed by atoms with van der Waals surface area (Å²) in [7, 11) is 2.57. The second-order valence-corrected chi connectivity index (χ2v) is 4.14. The standard InChI is InChI=1S/C11H13F3N2O4/c1-15-5-7(9(18)16(2)10(15)19)8(17)3-4-20-6-11(12,13)14/h5H,3-4,6H2,1-2H3. The van der Waals surface area contributed by atoms with Crippen molar-refractivity contribution >= 4 is 5.78 Å². The number of halogens is 3. The van der Waals surface area contributed by atoms with E-state index in [1.54, 1.807) is 0 Å². The number of rotatable bonds is 5. The minimum absolute atomic E-state index is 0.259. The van der Waals surface area contributed by atoms with Crippen molar-refractivity contribution in [2.45, 2.75) is 12.6 Å². The number of aryl methyl sites for hydroxylation is 1. The third-order valence-electron chi connectivity index (χ3n) is 2.49. The van der Waals surface area contributed by atoms with Crippen LogP contribution in [-0.2, 0) is 18.8 Å². The van der Waals surface area contributed by atoms with Crippen molar-refractivity contribution in [3.8, 4) is 0 Å².